The molecule has 0 spiro atoms. The van der Waals surface area contributed by atoms with Crippen LogP contribution in [0.1, 0.15) is 41.6 Å². The predicted molar refractivity (Wildman–Crippen MR) is 158 cm³/mol. The van der Waals surface area contributed by atoms with E-state index in [1.807, 2.05) is 30.3 Å². The number of anilines is 1. The smallest absolute Gasteiger partial charge is 0.279 e. The highest BCUT2D eigenvalue weighted by molar-refractivity contribution is 7.87. The van der Waals surface area contributed by atoms with Crippen LogP contribution in [0.2, 0.25) is 0 Å². The van der Waals surface area contributed by atoms with E-state index in [9.17, 15) is 17.6 Å². The van der Waals surface area contributed by atoms with Crippen molar-refractivity contribution in [1.82, 2.24) is 14.3 Å². The number of nitrogens with one attached hydrogen (secondary N) is 2. The first-order valence-corrected chi connectivity index (χ1v) is 15.5. The number of para-hydroxylation sites is 1. The van der Waals surface area contributed by atoms with Gasteiger partial charge in [0.05, 0.1) is 12.7 Å². The van der Waals surface area contributed by atoms with Gasteiger partial charge in [-0.2, -0.15) is 17.4 Å². The molecule has 0 unspecified atom stereocenters. The highest BCUT2D eigenvalue weighted by Gasteiger charge is 2.39. The van der Waals surface area contributed by atoms with Gasteiger partial charge in [-0.15, -0.1) is 0 Å². The van der Waals surface area contributed by atoms with Crippen molar-refractivity contribution in [3.05, 3.63) is 95.8 Å². The summed E-state index contributed by atoms with van der Waals surface area (Å²) in [5.74, 6) is 0.0393. The maximum Gasteiger partial charge on any atom is 0.279 e. The molecule has 1 aliphatic heterocycles. The van der Waals surface area contributed by atoms with E-state index in [2.05, 4.69) is 27.1 Å². The quantitative estimate of drug-likeness (QED) is 0.398. The Morgan fingerprint density at radius 1 is 0.927 bits per heavy atom. The number of hydrogen-bond donors (Lipinski definition) is 2. The molecule has 218 valence electrons. The first-order valence-electron chi connectivity index (χ1n) is 14.0. The van der Waals surface area contributed by atoms with E-state index in [1.165, 1.54) is 16.4 Å². The van der Waals surface area contributed by atoms with Crippen LogP contribution in [0.15, 0.2) is 78.9 Å². The molecule has 1 aliphatic carbocycles. The molecule has 5 rings (SSSR count). The lowest BCUT2D eigenvalue weighted by molar-refractivity contribution is 0.0932. The molecule has 8 nitrogen and oxygen atoms in total. The number of methoxy groups -OCH3 is 1. The molecule has 0 atom stereocenters. The first-order chi connectivity index (χ1) is 19.8. The van der Waals surface area contributed by atoms with Gasteiger partial charge in [0.25, 0.3) is 16.1 Å². The van der Waals surface area contributed by atoms with E-state index in [-0.39, 0.29) is 23.2 Å². The molecule has 1 saturated heterocycles. The highest BCUT2D eigenvalue weighted by Crippen LogP contribution is 2.39. The topological polar surface area (TPSA) is 91.0 Å². The van der Waals surface area contributed by atoms with Crippen LogP contribution in [0.3, 0.4) is 0 Å². The molecular weight excluding hydrogens is 543 g/mol. The van der Waals surface area contributed by atoms with Crippen LogP contribution in [0.4, 0.5) is 10.1 Å². The maximum absolute atomic E-state index is 13.3. The summed E-state index contributed by atoms with van der Waals surface area (Å²) in [7, 11) is -2.11. The van der Waals surface area contributed by atoms with Crippen LogP contribution in [0, 0.1) is 5.82 Å². The molecule has 1 amide bonds. The lowest BCUT2D eigenvalue weighted by Crippen LogP contribution is -2.55. The minimum absolute atomic E-state index is 0.183. The fourth-order valence-electron chi connectivity index (χ4n) is 5.95. The van der Waals surface area contributed by atoms with Gasteiger partial charge in [-0.1, -0.05) is 42.5 Å². The van der Waals surface area contributed by atoms with Crippen molar-refractivity contribution in [1.29, 1.82) is 0 Å². The molecule has 3 aromatic rings. The van der Waals surface area contributed by atoms with Gasteiger partial charge < -0.3 is 15.0 Å². The third-order valence-electron chi connectivity index (χ3n) is 8.35. The van der Waals surface area contributed by atoms with E-state index in [1.54, 1.807) is 31.4 Å². The number of carbonyl (C=O) groups excluding carboxylic acids is 1. The molecule has 3 aromatic carbocycles. The molecule has 2 N–H and O–H groups in total. The standard InChI is InChI=1S/C31H37FN4O4S/c1-40-29-10-6-5-9-28(29)30(37)33-23-31(24-7-3-2-4-8-24)17-15-26(16-18-31)34-41(38,39)36-21-19-35(20-22-36)27-13-11-25(32)12-14-27/h2-14,26,34H,15-23H2,1H3,(H,33,37). The second kappa shape index (κ2) is 12.6. The predicted octanol–water partition coefficient (Wildman–Crippen LogP) is 4.10. The third kappa shape index (κ3) is 6.72. The largest absolute Gasteiger partial charge is 0.496 e. The van der Waals surface area contributed by atoms with Gasteiger partial charge in [-0.05, 0) is 67.6 Å². The van der Waals surface area contributed by atoms with Gasteiger partial charge in [0.2, 0.25) is 0 Å². The summed E-state index contributed by atoms with van der Waals surface area (Å²) < 4.78 is 49.7. The van der Waals surface area contributed by atoms with Crippen molar-refractivity contribution in [2.24, 2.45) is 0 Å². The average Bonchev–Trinajstić information content (AvgIpc) is 3.01. The molecule has 41 heavy (non-hydrogen) atoms. The van der Waals surface area contributed by atoms with Crippen molar-refractivity contribution in [2.75, 3.05) is 44.7 Å². The molecule has 1 saturated carbocycles. The van der Waals surface area contributed by atoms with Crippen molar-refractivity contribution in [2.45, 2.75) is 37.1 Å². The Morgan fingerprint density at radius 3 is 2.22 bits per heavy atom. The summed E-state index contributed by atoms with van der Waals surface area (Å²) in [6.07, 6.45) is 2.78. The van der Waals surface area contributed by atoms with Crippen molar-refractivity contribution >= 4 is 21.8 Å². The number of amides is 1. The molecule has 1 heterocycles. The SMILES string of the molecule is COc1ccccc1C(=O)NCC1(c2ccccc2)CCC(NS(=O)(=O)N2CCN(c3ccc(F)cc3)CC2)CC1. The molecule has 2 aliphatic rings. The summed E-state index contributed by atoms with van der Waals surface area (Å²) >= 11 is 0. The fraction of sp³-hybridized carbons (Fsp3) is 0.387. The molecule has 0 aromatic heterocycles. The van der Waals surface area contributed by atoms with Crippen molar-refractivity contribution < 1.29 is 22.3 Å². The number of ether oxygens (including phenoxy) is 1. The van der Waals surface area contributed by atoms with Gasteiger partial charge in [-0.25, -0.2) is 4.39 Å². The maximum atomic E-state index is 13.3. The minimum atomic E-state index is -3.65. The summed E-state index contributed by atoms with van der Waals surface area (Å²) in [6.45, 7) is 2.25. The summed E-state index contributed by atoms with van der Waals surface area (Å²) in [6, 6.07) is 23.4. The van der Waals surface area contributed by atoms with Gasteiger partial charge in [0, 0.05) is 49.9 Å². The zero-order valence-corrected chi connectivity index (χ0v) is 24.1. The number of rotatable bonds is 9. The van der Waals surface area contributed by atoms with Crippen LogP contribution < -0.4 is 19.7 Å². The highest BCUT2D eigenvalue weighted by atomic mass is 32.2. The zero-order chi connectivity index (χ0) is 28.9. The van der Waals surface area contributed by atoms with Crippen LogP contribution in [-0.2, 0) is 15.6 Å². The van der Waals surface area contributed by atoms with E-state index in [0.29, 0.717) is 56.9 Å². The first kappa shape index (κ1) is 29.0. The Bertz CT molecular complexity index is 1420. The summed E-state index contributed by atoms with van der Waals surface area (Å²) in [5, 5.41) is 3.13. The van der Waals surface area contributed by atoms with E-state index in [4.69, 9.17) is 4.74 Å². The van der Waals surface area contributed by atoms with Crippen molar-refractivity contribution in [3.8, 4) is 5.75 Å². The summed E-state index contributed by atoms with van der Waals surface area (Å²) in [4.78, 5) is 15.2. The molecule has 0 radical (unpaired) electrons. The van der Waals surface area contributed by atoms with Crippen LogP contribution >= 0.6 is 0 Å². The van der Waals surface area contributed by atoms with Crippen LogP contribution in [0.25, 0.3) is 0 Å². The van der Waals surface area contributed by atoms with Gasteiger partial charge >= 0.3 is 0 Å². The van der Waals surface area contributed by atoms with E-state index < -0.39 is 10.2 Å². The molecule has 2 fully saturated rings. The fourth-order valence-corrected chi connectivity index (χ4v) is 7.40. The number of halogens is 1. The van der Waals surface area contributed by atoms with Gasteiger partial charge in [-0.3, -0.25) is 4.79 Å². The second-order valence-corrected chi connectivity index (χ2v) is 12.5. The summed E-state index contributed by atoms with van der Waals surface area (Å²) in [5.41, 5.74) is 2.21. The Morgan fingerprint density at radius 2 is 1.56 bits per heavy atom. The number of benzene rings is 3. The second-order valence-electron chi connectivity index (χ2n) is 10.8. The normalized spacial score (nSPS) is 21.8. The number of piperazine rings is 1. The Labute approximate surface area is 241 Å². The van der Waals surface area contributed by atoms with Crippen LogP contribution in [0.5, 0.6) is 5.75 Å². The number of hydrogen-bond acceptors (Lipinski definition) is 5. The Balaban J connectivity index is 1.20. The molecule has 0 bridgehead atoms. The van der Waals surface area contributed by atoms with Gasteiger partial charge in [0.15, 0.2) is 0 Å². The van der Waals surface area contributed by atoms with E-state index >= 15 is 0 Å². The minimum Gasteiger partial charge on any atom is -0.496 e. The van der Waals surface area contributed by atoms with E-state index in [0.717, 1.165) is 24.1 Å². The number of carbonyl (C=O) groups is 1. The lowest BCUT2D eigenvalue weighted by Gasteiger charge is -2.42. The van der Waals surface area contributed by atoms with Crippen molar-refractivity contribution in [3.63, 3.8) is 0 Å². The Hall–Kier alpha value is -3.47. The monoisotopic (exact) mass is 580 g/mol. The third-order valence-corrected chi connectivity index (χ3v) is 10.0. The van der Waals surface area contributed by atoms with Gasteiger partial charge in [0.1, 0.15) is 11.6 Å². The van der Waals surface area contributed by atoms with Crippen LogP contribution in [-0.4, -0.2) is 64.5 Å². The Kier molecular flexibility index (Phi) is 8.91. The zero-order valence-electron chi connectivity index (χ0n) is 23.3. The lowest BCUT2D eigenvalue weighted by atomic mass is 9.68. The molecule has 10 heteroatoms. The number of nitrogens with zero attached hydrogens (tertiary/aromatic N) is 2. The molecular formula is C31H37FN4O4S. The average molecular weight is 581 g/mol.